The molecule has 2 aliphatic rings. The number of ether oxygens (including phenoxy) is 3. The van der Waals surface area contributed by atoms with Gasteiger partial charge in [0.05, 0.1) is 35.7 Å². The van der Waals surface area contributed by atoms with Gasteiger partial charge in [0.2, 0.25) is 5.91 Å². The van der Waals surface area contributed by atoms with E-state index in [0.717, 1.165) is 13.0 Å². The third kappa shape index (κ3) is 7.70. The first-order valence-corrected chi connectivity index (χ1v) is 12.7. The van der Waals surface area contributed by atoms with E-state index in [4.69, 9.17) is 14.2 Å². The lowest BCUT2D eigenvalue weighted by Crippen LogP contribution is -2.65. The highest BCUT2D eigenvalue weighted by Crippen LogP contribution is 2.48. The first kappa shape index (κ1) is 32.4. The summed E-state index contributed by atoms with van der Waals surface area (Å²) in [5, 5.41) is 26.9. The molecule has 210 valence electrons. The number of carboxylic acid groups (broad SMARTS) is 1. The van der Waals surface area contributed by atoms with Crippen LogP contribution in [-0.4, -0.2) is 67.7 Å². The van der Waals surface area contributed by atoms with Crippen LogP contribution in [0.15, 0.2) is 24.3 Å². The van der Waals surface area contributed by atoms with Gasteiger partial charge in [0, 0.05) is 25.1 Å². The number of nitro groups is 1. The van der Waals surface area contributed by atoms with Crippen molar-refractivity contribution in [3.63, 3.8) is 0 Å². The maximum atomic E-state index is 12.2. The number of hydrogen-bond acceptors (Lipinski definition) is 8. The smallest absolute Gasteiger partial charge is 0.366 e. The number of para-hydroxylation sites is 1. The third-order valence-electron chi connectivity index (χ3n) is 6.31. The zero-order chi connectivity index (χ0) is 28.4. The Morgan fingerprint density at radius 2 is 1.81 bits per heavy atom. The first-order valence-electron chi connectivity index (χ1n) is 12.7. The van der Waals surface area contributed by atoms with Gasteiger partial charge in [-0.15, -0.1) is 0 Å². The number of rotatable bonds is 7. The number of likely N-dealkylation sites (N-methyl/N-ethyl adjacent to an activating group) is 1. The van der Waals surface area contributed by atoms with Crippen LogP contribution in [-0.2, 0) is 23.8 Å². The third-order valence-corrected chi connectivity index (χ3v) is 6.31. The monoisotopic (exact) mass is 525 g/mol. The highest BCUT2D eigenvalue weighted by atomic mass is 16.7. The van der Waals surface area contributed by atoms with Gasteiger partial charge in [0.25, 0.3) is 11.5 Å². The number of nitro benzene ring substituents is 1. The van der Waals surface area contributed by atoms with Crippen molar-refractivity contribution < 1.29 is 33.8 Å². The van der Waals surface area contributed by atoms with E-state index in [0.29, 0.717) is 12.2 Å². The topological polar surface area (TPSA) is 149 Å². The van der Waals surface area contributed by atoms with E-state index in [9.17, 15) is 24.8 Å². The molecule has 2 saturated heterocycles. The molecule has 2 unspecified atom stereocenters. The summed E-state index contributed by atoms with van der Waals surface area (Å²) in [6.45, 7) is 12.8. The van der Waals surface area contributed by atoms with Crippen molar-refractivity contribution in [2.75, 3.05) is 33.9 Å². The average molecular weight is 526 g/mol. The fraction of sp³-hybridized carbons (Fsp3) is 0.692. The number of nitrogens with zero attached hydrogens (tertiary/aromatic N) is 1. The lowest BCUT2D eigenvalue weighted by atomic mass is 9.80. The SMILES string of the molecule is CC.CNC(=O)[C@@H]1CCOC1.CN[C@@H](C(C)C)C1(C(=O)O)OCC(C)(C)C(c2ccccc2[N+](=O)[O-])O1. The molecule has 2 aliphatic heterocycles. The maximum Gasteiger partial charge on any atom is 0.366 e. The quantitative estimate of drug-likeness (QED) is 0.359. The van der Waals surface area contributed by atoms with Gasteiger partial charge in [-0.3, -0.25) is 14.9 Å². The minimum Gasteiger partial charge on any atom is -0.477 e. The van der Waals surface area contributed by atoms with E-state index >= 15 is 0 Å². The fourth-order valence-electron chi connectivity index (χ4n) is 4.41. The first-order chi connectivity index (χ1) is 17.4. The molecule has 0 bridgehead atoms. The molecule has 0 saturated carbocycles. The molecule has 1 aromatic carbocycles. The molecule has 0 aliphatic carbocycles. The van der Waals surface area contributed by atoms with E-state index in [1.807, 2.05) is 41.5 Å². The summed E-state index contributed by atoms with van der Waals surface area (Å²) in [5.74, 6) is -3.09. The Kier molecular flexibility index (Phi) is 12.6. The lowest BCUT2D eigenvalue weighted by molar-refractivity contribution is -0.389. The molecule has 3 N–H and O–H groups in total. The second kappa shape index (κ2) is 14.4. The predicted molar refractivity (Wildman–Crippen MR) is 139 cm³/mol. The van der Waals surface area contributed by atoms with Crippen LogP contribution in [0.3, 0.4) is 0 Å². The van der Waals surface area contributed by atoms with Crippen LogP contribution in [0, 0.1) is 27.4 Å². The second-order valence-electron chi connectivity index (χ2n) is 9.75. The number of amides is 1. The highest BCUT2D eigenvalue weighted by molar-refractivity contribution is 5.78. The predicted octanol–water partition coefficient (Wildman–Crippen LogP) is 3.53. The van der Waals surface area contributed by atoms with Gasteiger partial charge in [0.1, 0.15) is 6.10 Å². The van der Waals surface area contributed by atoms with Gasteiger partial charge in [-0.2, -0.15) is 0 Å². The molecule has 0 aromatic heterocycles. The van der Waals surface area contributed by atoms with Gasteiger partial charge in [-0.25, -0.2) is 4.79 Å². The minimum absolute atomic E-state index is 0.0842. The van der Waals surface area contributed by atoms with Crippen molar-refractivity contribution in [2.24, 2.45) is 17.3 Å². The normalized spacial score (nSPS) is 25.1. The Hall–Kier alpha value is -2.60. The number of benzene rings is 1. The van der Waals surface area contributed by atoms with Crippen LogP contribution in [0.2, 0.25) is 0 Å². The minimum atomic E-state index is -1.94. The number of carbonyl (C=O) groups is 2. The van der Waals surface area contributed by atoms with Crippen molar-refractivity contribution in [1.82, 2.24) is 10.6 Å². The molecule has 37 heavy (non-hydrogen) atoms. The summed E-state index contributed by atoms with van der Waals surface area (Å²) in [7, 11) is 3.29. The van der Waals surface area contributed by atoms with E-state index in [2.05, 4.69) is 10.6 Å². The molecule has 0 spiro atoms. The van der Waals surface area contributed by atoms with Gasteiger partial charge in [-0.1, -0.05) is 53.7 Å². The number of nitrogens with one attached hydrogen (secondary N) is 2. The Labute approximate surface area is 219 Å². The number of carbonyl (C=O) groups excluding carboxylic acids is 1. The van der Waals surface area contributed by atoms with Crippen LogP contribution in [0.1, 0.15) is 59.6 Å². The summed E-state index contributed by atoms with van der Waals surface area (Å²) in [6.07, 6.45) is 0.0585. The maximum absolute atomic E-state index is 12.2. The Morgan fingerprint density at radius 1 is 1.19 bits per heavy atom. The molecule has 2 heterocycles. The molecular formula is C26H43N3O8. The van der Waals surface area contributed by atoms with Crippen LogP contribution in [0.5, 0.6) is 0 Å². The van der Waals surface area contributed by atoms with Gasteiger partial charge in [0.15, 0.2) is 0 Å². The molecule has 3 rings (SSSR count). The fourth-order valence-corrected chi connectivity index (χ4v) is 4.41. The molecular weight excluding hydrogens is 482 g/mol. The summed E-state index contributed by atoms with van der Waals surface area (Å²) < 4.78 is 16.8. The van der Waals surface area contributed by atoms with Crippen molar-refractivity contribution in [3.8, 4) is 0 Å². The summed E-state index contributed by atoms with van der Waals surface area (Å²) >= 11 is 0. The van der Waals surface area contributed by atoms with E-state index in [-0.39, 0.29) is 30.0 Å². The molecule has 11 heteroatoms. The average Bonchev–Trinajstić information content (AvgIpc) is 3.41. The Balaban J connectivity index is 0.000000519. The second-order valence-corrected chi connectivity index (χ2v) is 9.75. The Morgan fingerprint density at radius 3 is 2.27 bits per heavy atom. The molecule has 4 atom stereocenters. The van der Waals surface area contributed by atoms with Crippen molar-refractivity contribution in [2.45, 2.75) is 65.9 Å². The van der Waals surface area contributed by atoms with Crippen LogP contribution in [0.25, 0.3) is 0 Å². The molecule has 11 nitrogen and oxygen atoms in total. The largest absolute Gasteiger partial charge is 0.477 e. The van der Waals surface area contributed by atoms with Crippen molar-refractivity contribution in [1.29, 1.82) is 0 Å². The Bertz CT molecular complexity index is 902. The van der Waals surface area contributed by atoms with Gasteiger partial charge < -0.3 is 30.0 Å². The highest BCUT2D eigenvalue weighted by Gasteiger charge is 2.58. The number of carboxylic acids is 1. The van der Waals surface area contributed by atoms with E-state index < -0.39 is 34.2 Å². The summed E-state index contributed by atoms with van der Waals surface area (Å²) in [4.78, 5) is 34.0. The summed E-state index contributed by atoms with van der Waals surface area (Å²) in [5.41, 5.74) is -0.410. The standard InChI is InChI=1S/C18H26N2O6.C6H11NO2.C2H6/c1-11(2)14(19-5)18(16(21)22)25-10-17(3,4)15(26-18)12-8-6-7-9-13(12)20(23)24;1-7-6(8)5-2-3-9-4-5;1-2/h6-9,11,14-15,19H,10H2,1-5H3,(H,21,22);5H,2-4H2,1H3,(H,7,8);1-2H3/t14-,15?,18?;5-;/m01./s1. The molecule has 2 fully saturated rings. The lowest BCUT2D eigenvalue weighted by Gasteiger charge is -2.49. The molecule has 0 radical (unpaired) electrons. The van der Waals surface area contributed by atoms with Gasteiger partial charge >= 0.3 is 5.97 Å². The van der Waals surface area contributed by atoms with Gasteiger partial charge in [-0.05, 0) is 25.5 Å². The zero-order valence-electron chi connectivity index (χ0n) is 23.2. The van der Waals surface area contributed by atoms with E-state index in [1.54, 1.807) is 32.3 Å². The zero-order valence-corrected chi connectivity index (χ0v) is 23.2. The number of hydrogen-bond donors (Lipinski definition) is 3. The molecule has 1 aromatic rings. The summed E-state index contributed by atoms with van der Waals surface area (Å²) in [6, 6.07) is 5.61. The van der Waals surface area contributed by atoms with Crippen LogP contribution >= 0.6 is 0 Å². The molecule has 1 amide bonds. The van der Waals surface area contributed by atoms with Crippen LogP contribution < -0.4 is 10.6 Å². The number of aliphatic carboxylic acids is 1. The van der Waals surface area contributed by atoms with Crippen molar-refractivity contribution in [3.05, 3.63) is 39.9 Å². The van der Waals surface area contributed by atoms with E-state index in [1.165, 1.54) is 6.07 Å². The van der Waals surface area contributed by atoms with Crippen molar-refractivity contribution >= 4 is 17.6 Å². The van der Waals surface area contributed by atoms with Crippen LogP contribution in [0.4, 0.5) is 5.69 Å².